The molecule has 6 nitrogen and oxygen atoms in total. The Hall–Kier alpha value is -2.29. The summed E-state index contributed by atoms with van der Waals surface area (Å²) in [6, 6.07) is 12.5. The second kappa shape index (κ2) is 9.40. The fourth-order valence-corrected chi connectivity index (χ4v) is 6.93. The van der Waals surface area contributed by atoms with E-state index >= 15 is 0 Å². The maximum absolute atomic E-state index is 13.2. The first kappa shape index (κ1) is 23.5. The van der Waals surface area contributed by atoms with Gasteiger partial charge in [-0.2, -0.15) is 13.5 Å². The molecule has 4 heterocycles. The minimum absolute atomic E-state index is 0. The number of amides is 1. The lowest BCUT2D eigenvalue weighted by Crippen LogP contribution is -2.51. The number of nitrogens with one attached hydrogen (secondary N) is 3. The highest BCUT2D eigenvalue weighted by molar-refractivity contribution is 7.59. The number of rotatable bonds is 4. The summed E-state index contributed by atoms with van der Waals surface area (Å²) in [6.07, 6.45) is 5.49. The molecule has 1 amide bonds. The van der Waals surface area contributed by atoms with Crippen LogP contribution in [-0.4, -0.2) is 49.2 Å². The smallest absolute Gasteiger partial charge is 0.263 e. The average Bonchev–Trinajstić information content (AvgIpc) is 3.36. The van der Waals surface area contributed by atoms with Crippen molar-refractivity contribution in [1.29, 1.82) is 0 Å². The zero-order valence-corrected chi connectivity index (χ0v) is 21.6. The number of thiophene rings is 1. The molecule has 0 spiro atoms. The van der Waals surface area contributed by atoms with Crippen LogP contribution in [-0.2, 0) is 12.8 Å². The van der Waals surface area contributed by atoms with Crippen LogP contribution in [0, 0.1) is 6.92 Å². The van der Waals surface area contributed by atoms with Crippen molar-refractivity contribution in [3.05, 3.63) is 52.0 Å². The number of nitrogens with zero attached hydrogens (tertiary/aromatic N) is 2. The first-order valence-electron chi connectivity index (χ1n) is 12.1. The number of aromatic nitrogens is 1. The zero-order valence-electron chi connectivity index (χ0n) is 19.8. The number of aryl methyl sites for hydroxylation is 2. The Labute approximate surface area is 212 Å². The Bertz CT molecular complexity index is 1210. The van der Waals surface area contributed by atoms with E-state index in [4.69, 9.17) is 0 Å². The third-order valence-corrected chi connectivity index (χ3v) is 8.58. The van der Waals surface area contributed by atoms with Gasteiger partial charge >= 0.3 is 0 Å². The van der Waals surface area contributed by atoms with Crippen molar-refractivity contribution >= 4 is 52.3 Å². The Kier molecular flexibility index (Phi) is 6.48. The molecule has 1 aromatic carbocycles. The molecule has 2 unspecified atom stereocenters. The fraction of sp³-hybridized carbons (Fsp3) is 0.462. The number of hydrogen-bond donors (Lipinski definition) is 3. The average molecular weight is 496 g/mol. The Morgan fingerprint density at radius 2 is 1.91 bits per heavy atom. The van der Waals surface area contributed by atoms with E-state index < -0.39 is 0 Å². The fourth-order valence-electron chi connectivity index (χ4n) is 5.80. The van der Waals surface area contributed by atoms with Crippen molar-refractivity contribution in [2.24, 2.45) is 0 Å². The first-order valence-corrected chi connectivity index (χ1v) is 12.9. The maximum atomic E-state index is 13.2. The lowest BCUT2D eigenvalue weighted by atomic mass is 9.87. The number of pyridine rings is 1. The zero-order chi connectivity index (χ0) is 22.5. The molecular formula is C26H33N5OS2. The number of carbonyl (C=O) groups is 1. The van der Waals surface area contributed by atoms with Gasteiger partial charge in [-0.3, -0.25) is 4.79 Å². The van der Waals surface area contributed by atoms with Crippen molar-refractivity contribution in [3.63, 3.8) is 0 Å². The minimum Gasteiger partial charge on any atom is -0.386 e. The second-order valence-electron chi connectivity index (χ2n) is 9.77. The van der Waals surface area contributed by atoms with Crippen molar-refractivity contribution in [2.75, 3.05) is 30.4 Å². The van der Waals surface area contributed by atoms with Crippen LogP contribution < -0.4 is 20.9 Å². The van der Waals surface area contributed by atoms with Crippen LogP contribution >= 0.6 is 24.8 Å². The van der Waals surface area contributed by atoms with Gasteiger partial charge in [-0.25, -0.2) is 4.98 Å². The van der Waals surface area contributed by atoms with E-state index in [0.29, 0.717) is 12.1 Å². The second-order valence-corrected chi connectivity index (χ2v) is 10.8. The molecule has 34 heavy (non-hydrogen) atoms. The number of anilines is 2. The summed E-state index contributed by atoms with van der Waals surface area (Å²) in [5.74, 6) is 0.00126. The van der Waals surface area contributed by atoms with Crippen molar-refractivity contribution in [1.82, 2.24) is 15.6 Å². The molecule has 2 aromatic heterocycles. The summed E-state index contributed by atoms with van der Waals surface area (Å²) in [5, 5.41) is 11.3. The van der Waals surface area contributed by atoms with Gasteiger partial charge in [0.25, 0.3) is 5.91 Å². The maximum Gasteiger partial charge on any atom is 0.263 e. The topological polar surface area (TPSA) is 69.3 Å². The van der Waals surface area contributed by atoms with E-state index in [2.05, 4.69) is 50.1 Å². The molecule has 2 aliphatic heterocycles. The van der Waals surface area contributed by atoms with E-state index in [1.807, 2.05) is 20.0 Å². The molecule has 3 aliphatic rings. The molecule has 3 atom stereocenters. The van der Waals surface area contributed by atoms with Crippen LogP contribution in [0.3, 0.4) is 0 Å². The summed E-state index contributed by atoms with van der Waals surface area (Å²) >= 11 is 1.47. The summed E-state index contributed by atoms with van der Waals surface area (Å²) in [4.78, 5) is 22.0. The van der Waals surface area contributed by atoms with Crippen molar-refractivity contribution < 1.29 is 4.79 Å². The Morgan fingerprint density at radius 1 is 1.12 bits per heavy atom. The van der Waals surface area contributed by atoms with Gasteiger partial charge < -0.3 is 20.9 Å². The molecular weight excluding hydrogens is 462 g/mol. The predicted octanol–water partition coefficient (Wildman–Crippen LogP) is 3.99. The number of benzene rings is 1. The number of fused-ring (bicyclic) bond motifs is 4. The summed E-state index contributed by atoms with van der Waals surface area (Å²) in [5.41, 5.74) is 6.03. The van der Waals surface area contributed by atoms with Crippen molar-refractivity contribution in [2.45, 2.75) is 57.2 Å². The standard InChI is InChI=1S/C26H31N5OS.H2S/c1-15-3-10-22-23(27-2)24(33-26(22)28-15)25(32)30-18-6-4-17-12-21(9-5-16(17)11-18)31-13-19-7-8-20(14-31)29-19;/h3,5,9-10,12,18-20,27,29H,4,6-8,11,13-14H2,1-2H3,(H,30,32);1H2/t18-,19?,20?;/m0./s1. The lowest BCUT2D eigenvalue weighted by molar-refractivity contribution is 0.0938. The van der Waals surface area contributed by atoms with Crippen molar-refractivity contribution in [3.8, 4) is 0 Å². The number of piperazine rings is 1. The lowest BCUT2D eigenvalue weighted by Gasteiger charge is -2.35. The van der Waals surface area contributed by atoms with Gasteiger partial charge in [0.05, 0.1) is 5.69 Å². The van der Waals surface area contributed by atoms with E-state index in [1.165, 1.54) is 41.0 Å². The molecule has 3 N–H and O–H groups in total. The molecule has 2 bridgehead atoms. The summed E-state index contributed by atoms with van der Waals surface area (Å²) < 4.78 is 0. The highest BCUT2D eigenvalue weighted by atomic mass is 32.1. The summed E-state index contributed by atoms with van der Waals surface area (Å²) in [7, 11) is 1.87. The van der Waals surface area contributed by atoms with Crippen LogP contribution in [0.2, 0.25) is 0 Å². The van der Waals surface area contributed by atoms with Crippen LogP contribution in [0.4, 0.5) is 11.4 Å². The van der Waals surface area contributed by atoms with Crippen LogP contribution in [0.15, 0.2) is 30.3 Å². The number of carbonyl (C=O) groups excluding carboxylic acids is 1. The van der Waals surface area contributed by atoms with Gasteiger partial charge in [-0.05, 0) is 74.4 Å². The first-order chi connectivity index (χ1) is 16.1. The van der Waals surface area contributed by atoms with Crippen LogP contribution in [0.1, 0.15) is 45.8 Å². The monoisotopic (exact) mass is 495 g/mol. The Morgan fingerprint density at radius 3 is 2.68 bits per heavy atom. The van der Waals surface area contributed by atoms with E-state index in [0.717, 1.165) is 58.8 Å². The Balaban J connectivity index is 0.00000241. The molecule has 0 saturated carbocycles. The largest absolute Gasteiger partial charge is 0.386 e. The van der Waals surface area contributed by atoms with Gasteiger partial charge in [0.15, 0.2) is 0 Å². The highest BCUT2D eigenvalue weighted by Gasteiger charge is 2.32. The van der Waals surface area contributed by atoms with Gasteiger partial charge in [0.2, 0.25) is 0 Å². The molecule has 0 radical (unpaired) electrons. The van der Waals surface area contributed by atoms with E-state index in [-0.39, 0.29) is 25.4 Å². The van der Waals surface area contributed by atoms with Gasteiger partial charge in [0.1, 0.15) is 9.71 Å². The predicted molar refractivity (Wildman–Crippen MR) is 146 cm³/mol. The summed E-state index contributed by atoms with van der Waals surface area (Å²) in [6.45, 7) is 4.21. The van der Waals surface area contributed by atoms with Crippen LogP contribution in [0.5, 0.6) is 0 Å². The van der Waals surface area contributed by atoms with Gasteiger partial charge in [-0.1, -0.05) is 6.07 Å². The number of hydrogen-bond acceptors (Lipinski definition) is 6. The molecule has 2 fully saturated rings. The molecule has 8 heteroatoms. The highest BCUT2D eigenvalue weighted by Crippen LogP contribution is 2.35. The third-order valence-electron chi connectivity index (χ3n) is 7.49. The molecule has 180 valence electrons. The van der Waals surface area contributed by atoms with E-state index in [9.17, 15) is 4.79 Å². The normalized spacial score (nSPS) is 23.4. The minimum atomic E-state index is 0. The molecule has 6 rings (SSSR count). The van der Waals surface area contributed by atoms with Gasteiger partial charge in [-0.15, -0.1) is 11.3 Å². The molecule has 3 aromatic rings. The molecule has 1 aliphatic carbocycles. The third kappa shape index (κ3) is 4.27. The van der Waals surface area contributed by atoms with E-state index in [1.54, 1.807) is 0 Å². The van der Waals surface area contributed by atoms with Crippen LogP contribution in [0.25, 0.3) is 10.2 Å². The quantitative estimate of drug-likeness (QED) is 0.511. The molecule has 2 saturated heterocycles. The van der Waals surface area contributed by atoms with Gasteiger partial charge in [0, 0.05) is 55.0 Å². The SMILES string of the molecule is CNc1c(C(=O)N[C@H]2CCc3cc(N4CC5CCC(C4)N5)ccc3C2)sc2nc(C)ccc12.S.